The normalized spacial score (nSPS) is 16.2. The topological polar surface area (TPSA) is 81.8 Å². The second-order valence-corrected chi connectivity index (χ2v) is 4.79. The quantitative estimate of drug-likeness (QED) is 0.695. The number of nitrogens with zero attached hydrogens (tertiary/aromatic N) is 1. The van der Waals surface area contributed by atoms with Gasteiger partial charge in [-0.15, -0.1) is 0 Å². The molecule has 1 N–H and O–H groups in total. The molecule has 0 aromatic heterocycles. The number of phenols is 1. The first-order valence-electron chi connectivity index (χ1n) is 6.58. The van der Waals surface area contributed by atoms with Crippen molar-refractivity contribution in [2.45, 2.75) is 6.10 Å². The fourth-order valence-electron chi connectivity index (χ4n) is 2.39. The Balaban J connectivity index is 2.07. The minimum atomic E-state index is -0.887. The molecular formula is C16H13NO5. The van der Waals surface area contributed by atoms with Crippen LogP contribution < -0.4 is 9.47 Å². The molecule has 0 radical (unpaired) electrons. The number of aromatic hydroxyl groups is 1. The largest absolute Gasteiger partial charge is 0.504 e. The van der Waals surface area contributed by atoms with Crippen LogP contribution in [0.15, 0.2) is 48.2 Å². The molecule has 0 spiro atoms. The number of nitro groups is 1. The lowest BCUT2D eigenvalue weighted by molar-refractivity contribution is -0.434. The van der Waals surface area contributed by atoms with Crippen molar-refractivity contribution in [3.05, 3.63) is 69.4 Å². The van der Waals surface area contributed by atoms with Gasteiger partial charge in [0.2, 0.25) is 6.10 Å². The third kappa shape index (κ3) is 2.35. The molecule has 1 atom stereocenters. The third-order valence-corrected chi connectivity index (χ3v) is 3.45. The minimum absolute atomic E-state index is 0.0803. The maximum atomic E-state index is 11.3. The SMILES string of the molecule is COc1ccc([C@@H]2Oc3ccccc3C=C2[N+](=O)[O-])cc1O. The van der Waals surface area contributed by atoms with Crippen LogP contribution in [-0.4, -0.2) is 17.1 Å². The Morgan fingerprint density at radius 2 is 2.05 bits per heavy atom. The number of fused-ring (bicyclic) bond motifs is 1. The number of phenolic OH excluding ortho intramolecular Hbond substituents is 1. The van der Waals surface area contributed by atoms with Gasteiger partial charge in [0.05, 0.1) is 12.0 Å². The summed E-state index contributed by atoms with van der Waals surface area (Å²) in [6, 6.07) is 11.7. The summed E-state index contributed by atoms with van der Waals surface area (Å²) in [5.41, 5.74) is 1.06. The monoisotopic (exact) mass is 299 g/mol. The molecule has 0 saturated carbocycles. The summed E-state index contributed by atoms with van der Waals surface area (Å²) >= 11 is 0. The molecule has 0 bridgehead atoms. The number of benzene rings is 2. The number of hydrogen-bond acceptors (Lipinski definition) is 5. The molecule has 0 saturated heterocycles. The Morgan fingerprint density at radius 3 is 2.73 bits per heavy atom. The van der Waals surface area contributed by atoms with Crippen LogP contribution in [0, 0.1) is 10.1 Å². The number of rotatable bonds is 3. The van der Waals surface area contributed by atoms with Crippen LogP contribution in [0.2, 0.25) is 0 Å². The fourth-order valence-corrected chi connectivity index (χ4v) is 2.39. The smallest absolute Gasteiger partial charge is 0.291 e. The lowest BCUT2D eigenvalue weighted by Crippen LogP contribution is -2.19. The van der Waals surface area contributed by atoms with Gasteiger partial charge in [-0.1, -0.05) is 24.3 Å². The zero-order valence-corrected chi connectivity index (χ0v) is 11.7. The summed E-state index contributed by atoms with van der Waals surface area (Å²) in [6.07, 6.45) is 0.604. The molecule has 0 unspecified atom stereocenters. The summed E-state index contributed by atoms with van der Waals surface area (Å²) in [5, 5.41) is 21.2. The van der Waals surface area contributed by atoms with Crippen LogP contribution in [0.1, 0.15) is 17.2 Å². The van der Waals surface area contributed by atoms with Crippen LogP contribution >= 0.6 is 0 Å². The van der Waals surface area contributed by atoms with E-state index >= 15 is 0 Å². The molecule has 1 aliphatic heterocycles. The zero-order valence-electron chi connectivity index (χ0n) is 11.7. The zero-order chi connectivity index (χ0) is 15.7. The Hall–Kier alpha value is -3.02. The van der Waals surface area contributed by atoms with Gasteiger partial charge in [-0.2, -0.15) is 0 Å². The summed E-state index contributed by atoms with van der Waals surface area (Å²) in [6.45, 7) is 0. The number of ether oxygens (including phenoxy) is 2. The summed E-state index contributed by atoms with van der Waals surface area (Å²) in [4.78, 5) is 10.9. The first-order valence-corrected chi connectivity index (χ1v) is 6.58. The first kappa shape index (κ1) is 13.9. The van der Waals surface area contributed by atoms with Crippen LogP contribution in [0.25, 0.3) is 6.08 Å². The number of hydrogen-bond donors (Lipinski definition) is 1. The Kier molecular flexibility index (Phi) is 3.42. The standard InChI is InChI=1S/C16H13NO5/c1-21-15-7-6-11(9-13(15)18)16-12(17(19)20)8-10-4-2-3-5-14(10)22-16/h2-9,16,18H,1H3/t16-/m0/s1. The van der Waals surface area contributed by atoms with Crippen molar-refractivity contribution in [1.82, 2.24) is 0 Å². The molecule has 3 rings (SSSR count). The molecule has 1 heterocycles. The summed E-state index contributed by atoms with van der Waals surface area (Å²) in [7, 11) is 1.43. The van der Waals surface area contributed by atoms with Crippen molar-refractivity contribution in [3.8, 4) is 17.2 Å². The van der Waals surface area contributed by atoms with E-state index < -0.39 is 11.0 Å². The van der Waals surface area contributed by atoms with Crippen LogP contribution in [-0.2, 0) is 0 Å². The number of methoxy groups -OCH3 is 1. The van der Waals surface area contributed by atoms with E-state index in [1.807, 2.05) is 0 Å². The van der Waals surface area contributed by atoms with Crippen molar-refractivity contribution < 1.29 is 19.5 Å². The Morgan fingerprint density at radius 1 is 1.27 bits per heavy atom. The van der Waals surface area contributed by atoms with E-state index in [-0.39, 0.29) is 11.4 Å². The molecule has 1 aliphatic rings. The first-order chi connectivity index (χ1) is 10.6. The van der Waals surface area contributed by atoms with Crippen molar-refractivity contribution in [3.63, 3.8) is 0 Å². The molecule has 0 aliphatic carbocycles. The van der Waals surface area contributed by atoms with Gasteiger partial charge >= 0.3 is 0 Å². The van der Waals surface area contributed by atoms with E-state index in [1.54, 1.807) is 36.4 Å². The van der Waals surface area contributed by atoms with E-state index in [0.717, 1.165) is 0 Å². The molecule has 2 aromatic carbocycles. The molecule has 6 nitrogen and oxygen atoms in total. The number of para-hydroxylation sites is 1. The average molecular weight is 299 g/mol. The summed E-state index contributed by atoms with van der Waals surface area (Å²) < 4.78 is 10.7. The maximum Gasteiger partial charge on any atom is 0.291 e. The fraction of sp³-hybridized carbons (Fsp3) is 0.125. The van der Waals surface area contributed by atoms with E-state index in [9.17, 15) is 15.2 Å². The lowest BCUT2D eigenvalue weighted by Gasteiger charge is -2.22. The van der Waals surface area contributed by atoms with Gasteiger partial charge in [0.15, 0.2) is 11.5 Å². The highest BCUT2D eigenvalue weighted by Gasteiger charge is 2.33. The second kappa shape index (κ2) is 5.40. The van der Waals surface area contributed by atoms with Crippen molar-refractivity contribution in [1.29, 1.82) is 0 Å². The molecular weight excluding hydrogens is 286 g/mol. The van der Waals surface area contributed by atoms with Crippen LogP contribution in [0.3, 0.4) is 0 Å². The Bertz CT molecular complexity index is 769. The molecule has 2 aromatic rings. The van der Waals surface area contributed by atoms with Gasteiger partial charge in [0.25, 0.3) is 5.70 Å². The maximum absolute atomic E-state index is 11.3. The van der Waals surface area contributed by atoms with Gasteiger partial charge in [0, 0.05) is 17.2 Å². The van der Waals surface area contributed by atoms with Crippen LogP contribution in [0.5, 0.6) is 17.2 Å². The summed E-state index contributed by atoms with van der Waals surface area (Å²) in [5.74, 6) is 0.769. The highest BCUT2D eigenvalue weighted by molar-refractivity contribution is 5.62. The van der Waals surface area contributed by atoms with E-state index in [1.165, 1.54) is 19.3 Å². The third-order valence-electron chi connectivity index (χ3n) is 3.45. The van der Waals surface area contributed by atoms with Crippen molar-refractivity contribution in [2.75, 3.05) is 7.11 Å². The highest BCUT2D eigenvalue weighted by Crippen LogP contribution is 2.39. The van der Waals surface area contributed by atoms with Gasteiger partial charge in [-0.05, 0) is 18.2 Å². The van der Waals surface area contributed by atoms with Crippen molar-refractivity contribution in [2.24, 2.45) is 0 Å². The minimum Gasteiger partial charge on any atom is -0.504 e. The molecule has 0 fully saturated rings. The Labute approximate surface area is 126 Å². The highest BCUT2D eigenvalue weighted by atomic mass is 16.6. The average Bonchev–Trinajstić information content (AvgIpc) is 2.53. The second-order valence-electron chi connectivity index (χ2n) is 4.79. The predicted octanol–water partition coefficient (Wildman–Crippen LogP) is 3.15. The van der Waals surface area contributed by atoms with Gasteiger partial charge < -0.3 is 14.6 Å². The van der Waals surface area contributed by atoms with E-state index in [4.69, 9.17) is 9.47 Å². The van der Waals surface area contributed by atoms with Crippen molar-refractivity contribution >= 4 is 6.08 Å². The molecule has 6 heteroatoms. The van der Waals surface area contributed by atoms with E-state index in [2.05, 4.69) is 0 Å². The van der Waals surface area contributed by atoms with Crippen LogP contribution in [0.4, 0.5) is 0 Å². The molecule has 112 valence electrons. The molecule has 22 heavy (non-hydrogen) atoms. The van der Waals surface area contributed by atoms with Gasteiger partial charge in [0.1, 0.15) is 5.75 Å². The predicted molar refractivity (Wildman–Crippen MR) is 79.4 cm³/mol. The molecule has 0 amide bonds. The van der Waals surface area contributed by atoms with Gasteiger partial charge in [-0.25, -0.2) is 0 Å². The van der Waals surface area contributed by atoms with E-state index in [0.29, 0.717) is 22.6 Å². The van der Waals surface area contributed by atoms with Gasteiger partial charge in [-0.3, -0.25) is 10.1 Å². The lowest BCUT2D eigenvalue weighted by atomic mass is 10.0.